The Morgan fingerprint density at radius 3 is 2.88 bits per heavy atom. The van der Waals surface area contributed by atoms with Gasteiger partial charge in [0.05, 0.1) is 6.10 Å². The van der Waals surface area contributed by atoms with Crippen molar-refractivity contribution >= 4 is 11.8 Å². The Kier molecular flexibility index (Phi) is 5.36. The van der Waals surface area contributed by atoms with Crippen LogP contribution in [0.5, 0.6) is 0 Å². The summed E-state index contributed by atoms with van der Waals surface area (Å²) in [5.74, 6) is 1.11. The van der Waals surface area contributed by atoms with Crippen molar-refractivity contribution in [1.82, 2.24) is 5.32 Å². The van der Waals surface area contributed by atoms with Gasteiger partial charge in [-0.1, -0.05) is 30.3 Å². The Morgan fingerprint density at radius 1 is 1.41 bits per heavy atom. The third-order valence-corrected chi connectivity index (χ3v) is 4.47. The Hall–Kier alpha value is -0.510. The fourth-order valence-corrected chi connectivity index (χ4v) is 3.47. The molecule has 1 fully saturated rings. The molecule has 1 N–H and O–H groups in total. The number of likely N-dealkylation sites (N-methyl/N-ethyl adjacent to an activating group) is 1. The molecule has 0 amide bonds. The first-order valence-electron chi connectivity index (χ1n) is 6.33. The lowest BCUT2D eigenvalue weighted by atomic mass is 10.1. The third kappa shape index (κ3) is 4.02. The zero-order chi connectivity index (χ0) is 11.9. The molecule has 1 aromatic rings. The van der Waals surface area contributed by atoms with Crippen molar-refractivity contribution in [2.24, 2.45) is 0 Å². The van der Waals surface area contributed by atoms with E-state index in [0.29, 0.717) is 11.4 Å². The highest BCUT2D eigenvalue weighted by Crippen LogP contribution is 2.30. The number of hydrogen-bond acceptors (Lipinski definition) is 3. The van der Waals surface area contributed by atoms with E-state index in [1.165, 1.54) is 18.4 Å². The number of nitrogens with one attached hydrogen (secondary N) is 1. The quantitative estimate of drug-likeness (QED) is 0.840. The fourth-order valence-electron chi connectivity index (χ4n) is 2.13. The van der Waals surface area contributed by atoms with Crippen molar-refractivity contribution in [3.63, 3.8) is 0 Å². The molecule has 0 aromatic heterocycles. The Bertz CT molecular complexity index is 311. The van der Waals surface area contributed by atoms with Gasteiger partial charge < -0.3 is 10.1 Å². The zero-order valence-electron chi connectivity index (χ0n) is 10.4. The number of ether oxygens (including phenoxy) is 1. The summed E-state index contributed by atoms with van der Waals surface area (Å²) in [6, 6.07) is 10.7. The highest BCUT2D eigenvalue weighted by Gasteiger charge is 2.18. The van der Waals surface area contributed by atoms with Crippen LogP contribution in [0.1, 0.15) is 23.7 Å². The molecule has 3 heteroatoms. The van der Waals surface area contributed by atoms with Gasteiger partial charge in [-0.25, -0.2) is 0 Å². The van der Waals surface area contributed by atoms with Gasteiger partial charge in [-0.15, -0.1) is 11.8 Å². The lowest BCUT2D eigenvalue weighted by molar-refractivity contribution is 0.129. The molecular formula is C14H21NOS. The highest BCUT2D eigenvalue weighted by atomic mass is 32.2. The molecule has 17 heavy (non-hydrogen) atoms. The van der Waals surface area contributed by atoms with Gasteiger partial charge in [-0.2, -0.15) is 0 Å². The molecule has 2 unspecified atom stereocenters. The SMILES string of the molecule is CNCC(SCC1CCCO1)c1ccccc1. The van der Waals surface area contributed by atoms with E-state index < -0.39 is 0 Å². The molecule has 0 spiro atoms. The normalized spacial score (nSPS) is 21.6. The van der Waals surface area contributed by atoms with Crippen LogP contribution < -0.4 is 5.32 Å². The zero-order valence-corrected chi connectivity index (χ0v) is 11.2. The summed E-state index contributed by atoms with van der Waals surface area (Å²) < 4.78 is 5.68. The number of thioether (sulfide) groups is 1. The Labute approximate surface area is 108 Å². The van der Waals surface area contributed by atoms with E-state index in [9.17, 15) is 0 Å². The number of hydrogen-bond donors (Lipinski definition) is 1. The molecule has 1 aromatic carbocycles. The summed E-state index contributed by atoms with van der Waals surface area (Å²) in [7, 11) is 2.02. The average Bonchev–Trinajstić information content (AvgIpc) is 2.88. The van der Waals surface area contributed by atoms with Crippen molar-refractivity contribution in [3.8, 4) is 0 Å². The van der Waals surface area contributed by atoms with Gasteiger partial charge in [0.25, 0.3) is 0 Å². The summed E-state index contributed by atoms with van der Waals surface area (Å²) in [4.78, 5) is 0. The molecule has 1 aliphatic heterocycles. The van der Waals surface area contributed by atoms with Crippen LogP contribution in [0.4, 0.5) is 0 Å². The van der Waals surface area contributed by atoms with Gasteiger partial charge in [0.1, 0.15) is 0 Å². The van der Waals surface area contributed by atoms with Crippen LogP contribution in [-0.4, -0.2) is 32.1 Å². The van der Waals surface area contributed by atoms with Crippen LogP contribution in [0.15, 0.2) is 30.3 Å². The van der Waals surface area contributed by atoms with Crippen LogP contribution in [0.3, 0.4) is 0 Å². The van der Waals surface area contributed by atoms with Gasteiger partial charge in [-0.3, -0.25) is 0 Å². The molecule has 2 rings (SSSR count). The first kappa shape index (κ1) is 12.9. The fraction of sp³-hybridized carbons (Fsp3) is 0.571. The molecule has 0 radical (unpaired) electrons. The van der Waals surface area contributed by atoms with E-state index >= 15 is 0 Å². The lowest BCUT2D eigenvalue weighted by Crippen LogP contribution is -2.17. The molecule has 2 atom stereocenters. The van der Waals surface area contributed by atoms with Gasteiger partial charge >= 0.3 is 0 Å². The molecule has 1 saturated heterocycles. The maximum atomic E-state index is 5.68. The maximum absolute atomic E-state index is 5.68. The second-order valence-corrected chi connectivity index (χ2v) is 5.66. The van der Waals surface area contributed by atoms with E-state index in [0.717, 1.165) is 18.9 Å². The molecule has 2 nitrogen and oxygen atoms in total. The standard InChI is InChI=1S/C14H21NOS/c1-15-10-14(12-6-3-2-4-7-12)17-11-13-8-5-9-16-13/h2-4,6-7,13-15H,5,8-11H2,1H3. The first-order valence-corrected chi connectivity index (χ1v) is 7.38. The molecule has 0 aliphatic carbocycles. The van der Waals surface area contributed by atoms with Gasteiger partial charge in [-0.05, 0) is 25.5 Å². The molecular weight excluding hydrogens is 230 g/mol. The van der Waals surface area contributed by atoms with Crippen LogP contribution in [-0.2, 0) is 4.74 Å². The second-order valence-electron chi connectivity index (χ2n) is 4.43. The second kappa shape index (κ2) is 7.04. The third-order valence-electron chi connectivity index (χ3n) is 3.07. The van der Waals surface area contributed by atoms with E-state index in [4.69, 9.17) is 4.74 Å². The van der Waals surface area contributed by atoms with Gasteiger partial charge in [0.2, 0.25) is 0 Å². The molecule has 0 saturated carbocycles. The van der Waals surface area contributed by atoms with Gasteiger partial charge in [0, 0.05) is 24.2 Å². The van der Waals surface area contributed by atoms with Crippen LogP contribution in [0.25, 0.3) is 0 Å². The van der Waals surface area contributed by atoms with E-state index in [1.807, 2.05) is 18.8 Å². The number of benzene rings is 1. The monoisotopic (exact) mass is 251 g/mol. The minimum atomic E-state index is 0.475. The average molecular weight is 251 g/mol. The number of rotatable bonds is 6. The minimum absolute atomic E-state index is 0.475. The van der Waals surface area contributed by atoms with Crippen LogP contribution in [0, 0.1) is 0 Å². The predicted octanol–water partition coefficient (Wildman–Crippen LogP) is 2.86. The first-order chi connectivity index (χ1) is 8.40. The highest BCUT2D eigenvalue weighted by molar-refractivity contribution is 7.99. The Balaban J connectivity index is 1.88. The van der Waals surface area contributed by atoms with Gasteiger partial charge in [0.15, 0.2) is 0 Å². The van der Waals surface area contributed by atoms with Crippen molar-refractivity contribution in [1.29, 1.82) is 0 Å². The maximum Gasteiger partial charge on any atom is 0.0666 e. The summed E-state index contributed by atoms with van der Waals surface area (Å²) >= 11 is 2.01. The smallest absolute Gasteiger partial charge is 0.0666 e. The van der Waals surface area contributed by atoms with Crippen molar-refractivity contribution in [3.05, 3.63) is 35.9 Å². The summed E-state index contributed by atoms with van der Waals surface area (Å²) in [5.41, 5.74) is 1.41. The molecule has 0 bridgehead atoms. The Morgan fingerprint density at radius 2 is 2.24 bits per heavy atom. The lowest BCUT2D eigenvalue weighted by Gasteiger charge is -2.18. The minimum Gasteiger partial charge on any atom is -0.377 e. The topological polar surface area (TPSA) is 21.3 Å². The van der Waals surface area contributed by atoms with Crippen molar-refractivity contribution in [2.75, 3.05) is 26.0 Å². The molecule has 1 heterocycles. The van der Waals surface area contributed by atoms with Crippen molar-refractivity contribution in [2.45, 2.75) is 24.2 Å². The predicted molar refractivity (Wildman–Crippen MR) is 74.5 cm³/mol. The summed E-state index contributed by atoms with van der Waals surface area (Å²) in [5, 5.41) is 3.81. The van der Waals surface area contributed by atoms with E-state index in [-0.39, 0.29) is 0 Å². The van der Waals surface area contributed by atoms with E-state index in [2.05, 4.69) is 35.6 Å². The van der Waals surface area contributed by atoms with Crippen LogP contribution >= 0.6 is 11.8 Å². The molecule has 94 valence electrons. The van der Waals surface area contributed by atoms with E-state index in [1.54, 1.807) is 0 Å². The summed E-state index contributed by atoms with van der Waals surface area (Å²) in [6.45, 7) is 1.97. The van der Waals surface area contributed by atoms with Crippen LogP contribution in [0.2, 0.25) is 0 Å². The largest absolute Gasteiger partial charge is 0.377 e. The van der Waals surface area contributed by atoms with Crippen molar-refractivity contribution < 1.29 is 4.74 Å². The summed E-state index contributed by atoms with van der Waals surface area (Å²) in [6.07, 6.45) is 2.93. The molecule has 1 aliphatic rings.